The van der Waals surface area contributed by atoms with E-state index in [2.05, 4.69) is 5.32 Å². The number of sulfone groups is 1. The fourth-order valence-electron chi connectivity index (χ4n) is 2.53. The molecule has 1 aliphatic heterocycles. The molecule has 0 aliphatic carbocycles. The van der Waals surface area contributed by atoms with Crippen LogP contribution in [0.25, 0.3) is 0 Å². The van der Waals surface area contributed by atoms with Gasteiger partial charge in [-0.1, -0.05) is 18.2 Å². The molecule has 8 heteroatoms. The number of aliphatic carboxylic acids is 1. The van der Waals surface area contributed by atoms with E-state index in [4.69, 9.17) is 5.11 Å². The van der Waals surface area contributed by atoms with Gasteiger partial charge in [0.25, 0.3) is 0 Å². The SMILES string of the molecule is Cc1ccccc1NCCC(=O)N1CCS(=O)(=O)CC1C(=O)O. The Bertz CT molecular complexity index is 702. The normalized spacial score (nSPS) is 20.0. The number of anilines is 1. The molecule has 1 aromatic rings. The molecule has 0 saturated carbocycles. The molecule has 126 valence electrons. The van der Waals surface area contributed by atoms with Gasteiger partial charge in [-0.15, -0.1) is 0 Å². The number of para-hydroxylation sites is 1. The summed E-state index contributed by atoms with van der Waals surface area (Å²) in [5, 5.41) is 12.3. The largest absolute Gasteiger partial charge is 0.480 e. The van der Waals surface area contributed by atoms with Gasteiger partial charge in [0.05, 0.1) is 11.5 Å². The summed E-state index contributed by atoms with van der Waals surface area (Å²) in [6.07, 6.45) is 0.109. The van der Waals surface area contributed by atoms with Gasteiger partial charge in [0, 0.05) is 25.2 Å². The van der Waals surface area contributed by atoms with Crippen molar-refractivity contribution in [3.8, 4) is 0 Å². The maximum absolute atomic E-state index is 12.2. The molecule has 0 radical (unpaired) electrons. The Hall–Kier alpha value is -2.09. The summed E-state index contributed by atoms with van der Waals surface area (Å²) < 4.78 is 23.1. The van der Waals surface area contributed by atoms with Crippen molar-refractivity contribution in [1.29, 1.82) is 0 Å². The van der Waals surface area contributed by atoms with Gasteiger partial charge in [0.1, 0.15) is 6.04 Å². The quantitative estimate of drug-likeness (QED) is 0.809. The molecule has 1 atom stereocenters. The zero-order chi connectivity index (χ0) is 17.0. The highest BCUT2D eigenvalue weighted by Gasteiger charge is 2.38. The van der Waals surface area contributed by atoms with E-state index < -0.39 is 27.6 Å². The molecule has 1 saturated heterocycles. The summed E-state index contributed by atoms with van der Waals surface area (Å²) >= 11 is 0. The van der Waals surface area contributed by atoms with E-state index in [0.29, 0.717) is 6.54 Å². The van der Waals surface area contributed by atoms with Gasteiger partial charge in [-0.2, -0.15) is 0 Å². The van der Waals surface area contributed by atoms with Crippen LogP contribution in [-0.2, 0) is 19.4 Å². The van der Waals surface area contributed by atoms with E-state index in [1.54, 1.807) is 0 Å². The van der Waals surface area contributed by atoms with E-state index in [9.17, 15) is 18.0 Å². The first-order valence-electron chi connectivity index (χ1n) is 7.32. The van der Waals surface area contributed by atoms with Gasteiger partial charge in [0.15, 0.2) is 9.84 Å². The smallest absolute Gasteiger partial charge is 0.327 e. The van der Waals surface area contributed by atoms with Gasteiger partial charge >= 0.3 is 5.97 Å². The van der Waals surface area contributed by atoms with Crippen molar-refractivity contribution in [1.82, 2.24) is 4.90 Å². The van der Waals surface area contributed by atoms with Crippen LogP contribution in [-0.4, -0.2) is 60.9 Å². The predicted molar refractivity (Wildman–Crippen MR) is 86.1 cm³/mol. The number of hydrogen-bond acceptors (Lipinski definition) is 5. The van der Waals surface area contributed by atoms with Gasteiger partial charge in [-0.05, 0) is 18.6 Å². The predicted octanol–water partition coefficient (Wildman–Crippen LogP) is 0.507. The zero-order valence-electron chi connectivity index (χ0n) is 12.9. The third-order valence-electron chi connectivity index (χ3n) is 3.84. The first-order valence-corrected chi connectivity index (χ1v) is 9.14. The molecule has 23 heavy (non-hydrogen) atoms. The number of aryl methyl sites for hydroxylation is 1. The lowest BCUT2D eigenvalue weighted by Crippen LogP contribution is -2.55. The molecule has 1 aromatic carbocycles. The lowest BCUT2D eigenvalue weighted by atomic mass is 10.2. The number of nitrogens with zero attached hydrogens (tertiary/aromatic N) is 1. The Morgan fingerprint density at radius 2 is 2.04 bits per heavy atom. The number of carboxylic acids is 1. The van der Waals surface area contributed by atoms with Crippen molar-refractivity contribution in [3.63, 3.8) is 0 Å². The third-order valence-corrected chi connectivity index (χ3v) is 5.46. The number of benzene rings is 1. The summed E-state index contributed by atoms with van der Waals surface area (Å²) in [5.41, 5.74) is 1.96. The van der Waals surface area contributed by atoms with Gasteiger partial charge in [0.2, 0.25) is 5.91 Å². The Labute approximate surface area is 135 Å². The van der Waals surface area contributed by atoms with Crippen molar-refractivity contribution in [2.45, 2.75) is 19.4 Å². The molecule has 0 bridgehead atoms. The molecule has 2 rings (SSSR count). The molecule has 1 amide bonds. The highest BCUT2D eigenvalue weighted by molar-refractivity contribution is 7.91. The zero-order valence-corrected chi connectivity index (χ0v) is 13.7. The van der Waals surface area contributed by atoms with E-state index in [-0.39, 0.29) is 24.6 Å². The highest BCUT2D eigenvalue weighted by atomic mass is 32.2. The fraction of sp³-hybridized carbons (Fsp3) is 0.467. The number of nitrogens with one attached hydrogen (secondary N) is 1. The average Bonchev–Trinajstić information content (AvgIpc) is 2.48. The number of rotatable bonds is 5. The van der Waals surface area contributed by atoms with Gasteiger partial charge in [-0.3, -0.25) is 4.79 Å². The number of hydrogen-bond donors (Lipinski definition) is 2. The molecule has 1 unspecified atom stereocenters. The van der Waals surface area contributed by atoms with Crippen LogP contribution < -0.4 is 5.32 Å². The van der Waals surface area contributed by atoms with Crippen molar-refractivity contribution in [3.05, 3.63) is 29.8 Å². The molecule has 0 spiro atoms. The maximum Gasteiger partial charge on any atom is 0.327 e. The van der Waals surface area contributed by atoms with Crippen LogP contribution in [0.15, 0.2) is 24.3 Å². The minimum absolute atomic E-state index is 0.0670. The monoisotopic (exact) mass is 340 g/mol. The van der Waals surface area contributed by atoms with Crippen LogP contribution in [0.2, 0.25) is 0 Å². The Balaban J connectivity index is 1.94. The van der Waals surface area contributed by atoms with Crippen LogP contribution >= 0.6 is 0 Å². The first-order chi connectivity index (χ1) is 10.8. The lowest BCUT2D eigenvalue weighted by Gasteiger charge is -2.32. The Kier molecular flexibility index (Phi) is 5.25. The van der Waals surface area contributed by atoms with Crippen molar-refractivity contribution in [2.75, 3.05) is 29.9 Å². The van der Waals surface area contributed by atoms with E-state index in [0.717, 1.165) is 16.2 Å². The van der Waals surface area contributed by atoms with Gasteiger partial charge in [-0.25, -0.2) is 13.2 Å². The summed E-state index contributed by atoms with van der Waals surface area (Å²) in [6.45, 7) is 2.24. The second kappa shape index (κ2) is 6.99. The van der Waals surface area contributed by atoms with Crippen LogP contribution in [0.3, 0.4) is 0 Å². The molecule has 1 fully saturated rings. The number of carboxylic acid groups (broad SMARTS) is 1. The lowest BCUT2D eigenvalue weighted by molar-refractivity contribution is -0.149. The molecular weight excluding hydrogens is 320 g/mol. The van der Waals surface area contributed by atoms with Crippen LogP contribution in [0.1, 0.15) is 12.0 Å². The number of carbonyl (C=O) groups is 2. The fourth-order valence-corrected chi connectivity index (χ4v) is 3.97. The van der Waals surface area contributed by atoms with Crippen LogP contribution in [0.4, 0.5) is 5.69 Å². The molecule has 7 nitrogen and oxygen atoms in total. The second-order valence-corrected chi connectivity index (χ2v) is 7.78. The molecule has 1 heterocycles. The van der Waals surface area contributed by atoms with E-state index in [1.807, 2.05) is 31.2 Å². The highest BCUT2D eigenvalue weighted by Crippen LogP contribution is 2.15. The molecule has 2 N–H and O–H groups in total. The van der Waals surface area contributed by atoms with Gasteiger partial charge < -0.3 is 15.3 Å². The first kappa shape index (κ1) is 17.3. The standard InChI is InChI=1S/C15H20N2O5S/c1-11-4-2-3-5-12(11)16-7-6-14(18)17-8-9-23(21,22)10-13(17)15(19)20/h2-5,13,16H,6-10H2,1H3,(H,19,20). The molecule has 0 aromatic heterocycles. The minimum Gasteiger partial charge on any atom is -0.480 e. The summed E-state index contributed by atoms with van der Waals surface area (Å²) in [7, 11) is -3.40. The Morgan fingerprint density at radius 1 is 1.35 bits per heavy atom. The molecule has 1 aliphatic rings. The van der Waals surface area contributed by atoms with Crippen molar-refractivity contribution < 1.29 is 23.1 Å². The summed E-state index contributed by atoms with van der Waals surface area (Å²) in [5.74, 6) is -2.34. The average molecular weight is 340 g/mol. The summed E-state index contributed by atoms with van der Waals surface area (Å²) in [4.78, 5) is 24.6. The number of carbonyl (C=O) groups excluding carboxylic acids is 1. The number of amides is 1. The van der Waals surface area contributed by atoms with Crippen LogP contribution in [0, 0.1) is 6.92 Å². The van der Waals surface area contributed by atoms with E-state index >= 15 is 0 Å². The second-order valence-electron chi connectivity index (χ2n) is 5.55. The van der Waals surface area contributed by atoms with Crippen molar-refractivity contribution >= 4 is 27.4 Å². The Morgan fingerprint density at radius 3 is 2.70 bits per heavy atom. The minimum atomic E-state index is -3.40. The van der Waals surface area contributed by atoms with Crippen molar-refractivity contribution in [2.24, 2.45) is 0 Å². The third kappa shape index (κ3) is 4.44. The molecular formula is C15H20N2O5S. The maximum atomic E-state index is 12.2. The van der Waals surface area contributed by atoms with Crippen LogP contribution in [0.5, 0.6) is 0 Å². The van der Waals surface area contributed by atoms with E-state index in [1.165, 1.54) is 0 Å². The summed E-state index contributed by atoms with van der Waals surface area (Å²) in [6, 6.07) is 6.34. The topological polar surface area (TPSA) is 104 Å².